The fourth-order valence-electron chi connectivity index (χ4n) is 3.91. The average Bonchev–Trinajstić information content (AvgIpc) is 2.99. The van der Waals surface area contributed by atoms with E-state index in [1.54, 1.807) is 12.1 Å². The number of hydrogen-bond acceptors (Lipinski definition) is 3. The SMILES string of the molecule is [C-]#[N+]c1cc(OC2C[C@H]3CC[C@@H](C2)N3)cc(-c2ccc(C#N)cc2)c1. The van der Waals surface area contributed by atoms with Crippen LogP contribution in [-0.4, -0.2) is 18.2 Å². The van der Waals surface area contributed by atoms with Crippen molar-refractivity contribution in [2.45, 2.75) is 43.9 Å². The number of fused-ring (bicyclic) bond motifs is 2. The molecule has 2 heterocycles. The monoisotopic (exact) mass is 329 g/mol. The number of nitrogens with one attached hydrogen (secondary N) is 1. The van der Waals surface area contributed by atoms with Crippen LogP contribution in [0.4, 0.5) is 5.69 Å². The maximum atomic E-state index is 8.94. The van der Waals surface area contributed by atoms with E-state index in [4.69, 9.17) is 16.6 Å². The zero-order valence-electron chi connectivity index (χ0n) is 13.9. The lowest BCUT2D eigenvalue weighted by Crippen LogP contribution is -2.42. The van der Waals surface area contributed by atoms with E-state index in [1.165, 1.54) is 12.8 Å². The number of benzene rings is 2. The fourth-order valence-corrected chi connectivity index (χ4v) is 3.91. The second-order valence-corrected chi connectivity index (χ2v) is 6.87. The predicted octanol–water partition coefficient (Wildman–Crippen LogP) is 4.44. The molecule has 4 heteroatoms. The van der Waals surface area contributed by atoms with E-state index in [1.807, 2.05) is 30.3 Å². The van der Waals surface area contributed by atoms with Gasteiger partial charge in [0.15, 0.2) is 5.69 Å². The lowest BCUT2D eigenvalue weighted by molar-refractivity contribution is 0.137. The maximum absolute atomic E-state index is 8.94. The van der Waals surface area contributed by atoms with Gasteiger partial charge in [-0.3, -0.25) is 0 Å². The molecule has 3 atom stereocenters. The third-order valence-electron chi connectivity index (χ3n) is 5.10. The lowest BCUT2D eigenvalue weighted by Gasteiger charge is -2.29. The lowest BCUT2D eigenvalue weighted by atomic mass is 10.0. The van der Waals surface area contributed by atoms with Gasteiger partial charge in [-0.2, -0.15) is 5.26 Å². The Morgan fingerprint density at radius 2 is 1.76 bits per heavy atom. The van der Waals surface area contributed by atoms with Gasteiger partial charge in [-0.1, -0.05) is 12.1 Å². The van der Waals surface area contributed by atoms with E-state index in [2.05, 4.69) is 16.2 Å². The molecule has 124 valence electrons. The van der Waals surface area contributed by atoms with Crippen LogP contribution in [0.1, 0.15) is 31.2 Å². The van der Waals surface area contributed by atoms with E-state index < -0.39 is 0 Å². The first-order chi connectivity index (χ1) is 12.2. The normalized spacial score (nSPS) is 24.3. The van der Waals surface area contributed by atoms with Crippen molar-refractivity contribution in [3.05, 3.63) is 59.4 Å². The molecule has 1 N–H and O–H groups in total. The van der Waals surface area contributed by atoms with Gasteiger partial charge in [-0.15, -0.1) is 0 Å². The van der Waals surface area contributed by atoms with Gasteiger partial charge in [0.05, 0.1) is 18.2 Å². The first-order valence-electron chi connectivity index (χ1n) is 8.69. The number of nitrogens with zero attached hydrogens (tertiary/aromatic N) is 2. The third kappa shape index (κ3) is 3.36. The average molecular weight is 329 g/mol. The summed E-state index contributed by atoms with van der Waals surface area (Å²) in [5.74, 6) is 0.763. The van der Waals surface area contributed by atoms with Crippen molar-refractivity contribution in [2.24, 2.45) is 0 Å². The molecule has 25 heavy (non-hydrogen) atoms. The zero-order valence-corrected chi connectivity index (χ0v) is 13.9. The second kappa shape index (κ2) is 6.59. The Morgan fingerprint density at radius 1 is 1.04 bits per heavy atom. The number of nitriles is 1. The van der Waals surface area contributed by atoms with Gasteiger partial charge in [0, 0.05) is 12.1 Å². The van der Waals surface area contributed by atoms with Gasteiger partial charge in [0.2, 0.25) is 0 Å². The van der Waals surface area contributed by atoms with Crippen LogP contribution < -0.4 is 10.1 Å². The van der Waals surface area contributed by atoms with E-state index in [-0.39, 0.29) is 6.10 Å². The molecule has 2 saturated heterocycles. The van der Waals surface area contributed by atoms with Crippen LogP contribution in [0, 0.1) is 17.9 Å². The summed E-state index contributed by atoms with van der Waals surface area (Å²) < 4.78 is 6.25. The minimum Gasteiger partial charge on any atom is -0.492 e. The minimum absolute atomic E-state index is 0.216. The molecule has 0 spiro atoms. The van der Waals surface area contributed by atoms with Gasteiger partial charge in [0.1, 0.15) is 11.9 Å². The Morgan fingerprint density at radius 3 is 2.40 bits per heavy atom. The second-order valence-electron chi connectivity index (χ2n) is 6.87. The van der Waals surface area contributed by atoms with E-state index in [9.17, 15) is 0 Å². The number of piperidine rings is 1. The molecule has 4 rings (SSSR count). The molecule has 0 aliphatic carbocycles. The van der Waals surface area contributed by atoms with Gasteiger partial charge >= 0.3 is 0 Å². The van der Waals surface area contributed by atoms with Crippen LogP contribution in [-0.2, 0) is 0 Å². The van der Waals surface area contributed by atoms with Crippen LogP contribution in [0.15, 0.2) is 42.5 Å². The summed E-state index contributed by atoms with van der Waals surface area (Å²) >= 11 is 0. The first-order valence-corrected chi connectivity index (χ1v) is 8.69. The third-order valence-corrected chi connectivity index (χ3v) is 5.10. The summed E-state index contributed by atoms with van der Waals surface area (Å²) in [6, 6.07) is 16.4. The van der Waals surface area contributed by atoms with Crippen molar-refractivity contribution < 1.29 is 4.74 Å². The Bertz CT molecular complexity index is 848. The molecule has 2 bridgehead atoms. The van der Waals surface area contributed by atoms with E-state index in [0.717, 1.165) is 29.7 Å². The van der Waals surface area contributed by atoms with Gasteiger partial charge < -0.3 is 10.1 Å². The molecule has 1 unspecified atom stereocenters. The summed E-state index contributed by atoms with van der Waals surface area (Å²) in [5.41, 5.74) is 3.14. The zero-order chi connectivity index (χ0) is 17.2. The molecule has 0 amide bonds. The Kier molecular flexibility index (Phi) is 4.14. The van der Waals surface area contributed by atoms with Crippen LogP contribution in [0.2, 0.25) is 0 Å². The number of rotatable bonds is 3. The van der Waals surface area contributed by atoms with Crippen molar-refractivity contribution in [3.8, 4) is 22.9 Å². The molecule has 4 nitrogen and oxygen atoms in total. The Labute approximate surface area is 147 Å². The van der Waals surface area contributed by atoms with Gasteiger partial charge in [-0.25, -0.2) is 4.85 Å². The minimum atomic E-state index is 0.216. The standard InChI is InChI=1S/C21H19N3O/c1-23-19-8-16(15-4-2-14(13-22)3-5-15)9-20(12-19)25-21-10-17-6-7-18(11-21)24-17/h2-5,8-9,12,17-18,21,24H,6-7,10-11H2/t17-,18+,21?. The van der Waals surface area contributed by atoms with E-state index in [0.29, 0.717) is 23.3 Å². The molecule has 2 aliphatic heterocycles. The highest BCUT2D eigenvalue weighted by Crippen LogP contribution is 2.34. The molecule has 2 aliphatic rings. The highest BCUT2D eigenvalue weighted by atomic mass is 16.5. The summed E-state index contributed by atoms with van der Waals surface area (Å²) in [5, 5.41) is 12.6. The highest BCUT2D eigenvalue weighted by molar-refractivity contribution is 5.71. The molecule has 0 aromatic heterocycles. The van der Waals surface area contributed by atoms with Crippen LogP contribution in [0.5, 0.6) is 5.75 Å². The molecule has 2 aromatic carbocycles. The first kappa shape index (κ1) is 15.7. The van der Waals surface area contributed by atoms with Crippen LogP contribution in [0.25, 0.3) is 16.0 Å². The Hall–Kier alpha value is -2.82. The molecule has 2 fully saturated rings. The van der Waals surface area contributed by atoms with Crippen molar-refractivity contribution in [3.63, 3.8) is 0 Å². The topological polar surface area (TPSA) is 49.4 Å². The maximum Gasteiger partial charge on any atom is 0.191 e. The van der Waals surface area contributed by atoms with Crippen LogP contribution in [0.3, 0.4) is 0 Å². The smallest absolute Gasteiger partial charge is 0.191 e. The fraction of sp³-hybridized carbons (Fsp3) is 0.333. The predicted molar refractivity (Wildman–Crippen MR) is 96.5 cm³/mol. The van der Waals surface area contributed by atoms with Gasteiger partial charge in [-0.05, 0) is 67.1 Å². The van der Waals surface area contributed by atoms with Crippen molar-refractivity contribution >= 4 is 5.69 Å². The summed E-state index contributed by atoms with van der Waals surface area (Å²) in [6.45, 7) is 7.37. The number of hydrogen-bond donors (Lipinski definition) is 1. The molecular weight excluding hydrogens is 310 g/mol. The summed E-state index contributed by atoms with van der Waals surface area (Å²) in [7, 11) is 0. The van der Waals surface area contributed by atoms with Crippen molar-refractivity contribution in [1.29, 1.82) is 5.26 Å². The quantitative estimate of drug-likeness (QED) is 0.847. The molecule has 0 radical (unpaired) electrons. The molecular formula is C21H19N3O. The Balaban J connectivity index is 1.60. The molecule has 2 aromatic rings. The largest absolute Gasteiger partial charge is 0.492 e. The number of ether oxygens (including phenoxy) is 1. The van der Waals surface area contributed by atoms with E-state index >= 15 is 0 Å². The van der Waals surface area contributed by atoms with Crippen molar-refractivity contribution in [2.75, 3.05) is 0 Å². The summed E-state index contributed by atoms with van der Waals surface area (Å²) in [4.78, 5) is 3.59. The van der Waals surface area contributed by atoms with Crippen LogP contribution >= 0.6 is 0 Å². The van der Waals surface area contributed by atoms with Crippen molar-refractivity contribution in [1.82, 2.24) is 5.32 Å². The van der Waals surface area contributed by atoms with Gasteiger partial charge in [0.25, 0.3) is 0 Å². The molecule has 0 saturated carbocycles. The summed E-state index contributed by atoms with van der Waals surface area (Å²) in [6.07, 6.45) is 4.76. The highest BCUT2D eigenvalue weighted by Gasteiger charge is 2.34.